The average Bonchev–Trinajstić information content (AvgIpc) is 3.03. The summed E-state index contributed by atoms with van der Waals surface area (Å²) in [5.74, 6) is 0.245. The summed E-state index contributed by atoms with van der Waals surface area (Å²) < 4.78 is 5.11. The first kappa shape index (κ1) is 17.8. The van der Waals surface area contributed by atoms with Crippen molar-refractivity contribution in [1.29, 1.82) is 0 Å². The highest BCUT2D eigenvalue weighted by molar-refractivity contribution is 6.30. The summed E-state index contributed by atoms with van der Waals surface area (Å²) in [5.41, 5.74) is 1.44. The number of hydrogen-bond donors (Lipinski definition) is 0. The van der Waals surface area contributed by atoms with Gasteiger partial charge in [-0.05, 0) is 55.2 Å². The Labute approximate surface area is 159 Å². The molecular formula is C21H26ClNO3. The SMILES string of the molecule is CCC1(c2ccc(Cl)cc2)CCN(C(=O)C2CC3(COC(=O)C3)C2)CC1. The van der Waals surface area contributed by atoms with Crippen LogP contribution in [0.1, 0.15) is 51.0 Å². The van der Waals surface area contributed by atoms with E-state index in [1.165, 1.54) is 5.56 Å². The van der Waals surface area contributed by atoms with E-state index in [2.05, 4.69) is 19.1 Å². The molecule has 1 aromatic carbocycles. The maximum atomic E-state index is 12.9. The molecule has 26 heavy (non-hydrogen) atoms. The van der Waals surface area contributed by atoms with Crippen LogP contribution in [0.15, 0.2) is 24.3 Å². The highest BCUT2D eigenvalue weighted by Crippen LogP contribution is 2.52. The zero-order chi connectivity index (χ0) is 18.4. The lowest BCUT2D eigenvalue weighted by Crippen LogP contribution is -2.51. The first-order valence-corrected chi connectivity index (χ1v) is 10.0. The van der Waals surface area contributed by atoms with Gasteiger partial charge in [-0.2, -0.15) is 0 Å². The van der Waals surface area contributed by atoms with Gasteiger partial charge in [0.05, 0.1) is 13.0 Å². The van der Waals surface area contributed by atoms with Gasteiger partial charge in [0, 0.05) is 29.4 Å². The molecule has 3 aliphatic rings. The summed E-state index contributed by atoms with van der Waals surface area (Å²) in [5, 5.41) is 0.765. The van der Waals surface area contributed by atoms with Gasteiger partial charge < -0.3 is 9.64 Å². The molecule has 0 bridgehead atoms. The second-order valence-electron chi connectivity index (χ2n) is 8.41. The van der Waals surface area contributed by atoms with Gasteiger partial charge in [-0.25, -0.2) is 0 Å². The first-order chi connectivity index (χ1) is 12.5. The molecule has 2 saturated heterocycles. The van der Waals surface area contributed by atoms with Crippen molar-refractivity contribution in [3.63, 3.8) is 0 Å². The molecule has 4 rings (SSSR count). The van der Waals surface area contributed by atoms with Crippen molar-refractivity contribution in [2.45, 2.75) is 50.9 Å². The van der Waals surface area contributed by atoms with Crippen molar-refractivity contribution in [3.05, 3.63) is 34.9 Å². The van der Waals surface area contributed by atoms with Crippen LogP contribution in [0.25, 0.3) is 0 Å². The normalized spacial score (nSPS) is 30.2. The predicted molar refractivity (Wildman–Crippen MR) is 100.0 cm³/mol. The summed E-state index contributed by atoms with van der Waals surface area (Å²) in [6.45, 7) is 4.37. The number of nitrogens with zero attached hydrogens (tertiary/aromatic N) is 1. The zero-order valence-electron chi connectivity index (χ0n) is 15.3. The Balaban J connectivity index is 1.36. The average molecular weight is 376 g/mol. The summed E-state index contributed by atoms with van der Waals surface area (Å²) in [7, 11) is 0. The highest BCUT2D eigenvalue weighted by Gasteiger charge is 2.53. The fraction of sp³-hybridized carbons (Fsp3) is 0.619. The molecule has 0 unspecified atom stereocenters. The number of halogens is 1. The van der Waals surface area contributed by atoms with Crippen LogP contribution in [0.3, 0.4) is 0 Å². The number of hydrogen-bond acceptors (Lipinski definition) is 3. The lowest BCUT2D eigenvalue weighted by molar-refractivity contribution is -0.145. The molecule has 2 heterocycles. The molecule has 1 saturated carbocycles. The van der Waals surface area contributed by atoms with Crippen LogP contribution in [0.5, 0.6) is 0 Å². The van der Waals surface area contributed by atoms with Crippen LogP contribution >= 0.6 is 11.6 Å². The minimum Gasteiger partial charge on any atom is -0.465 e. The zero-order valence-corrected chi connectivity index (χ0v) is 16.1. The number of carbonyl (C=O) groups excluding carboxylic acids is 2. The van der Waals surface area contributed by atoms with Gasteiger partial charge >= 0.3 is 5.97 Å². The Hall–Kier alpha value is -1.55. The van der Waals surface area contributed by atoms with Crippen molar-refractivity contribution in [2.75, 3.05) is 19.7 Å². The molecule has 5 heteroatoms. The van der Waals surface area contributed by atoms with Gasteiger partial charge in [-0.15, -0.1) is 0 Å². The van der Waals surface area contributed by atoms with Gasteiger partial charge in [-0.3, -0.25) is 9.59 Å². The minimum atomic E-state index is -0.107. The highest BCUT2D eigenvalue weighted by atomic mass is 35.5. The topological polar surface area (TPSA) is 46.6 Å². The molecule has 1 aliphatic carbocycles. The summed E-state index contributed by atoms with van der Waals surface area (Å²) >= 11 is 6.04. The predicted octanol–water partition coefficient (Wildman–Crippen LogP) is 3.95. The van der Waals surface area contributed by atoms with Crippen molar-refractivity contribution in [3.8, 4) is 0 Å². The summed E-state index contributed by atoms with van der Waals surface area (Å²) in [4.78, 5) is 26.3. The third kappa shape index (κ3) is 3.02. The fourth-order valence-electron chi connectivity index (χ4n) is 5.13. The monoisotopic (exact) mass is 375 g/mol. The van der Waals surface area contributed by atoms with Crippen LogP contribution < -0.4 is 0 Å². The fourth-order valence-corrected chi connectivity index (χ4v) is 5.25. The van der Waals surface area contributed by atoms with Gasteiger partial charge in [-0.1, -0.05) is 30.7 Å². The number of esters is 1. The van der Waals surface area contributed by atoms with E-state index >= 15 is 0 Å². The van der Waals surface area contributed by atoms with Crippen molar-refractivity contribution in [1.82, 2.24) is 4.90 Å². The van der Waals surface area contributed by atoms with Gasteiger partial charge in [0.15, 0.2) is 0 Å². The lowest BCUT2D eigenvalue weighted by Gasteiger charge is -2.47. The molecule has 0 aromatic heterocycles. The van der Waals surface area contributed by atoms with Crippen LogP contribution in [0.4, 0.5) is 0 Å². The molecule has 0 atom stereocenters. The lowest BCUT2D eigenvalue weighted by atomic mass is 9.61. The van der Waals surface area contributed by atoms with Crippen LogP contribution in [0.2, 0.25) is 5.02 Å². The van der Waals surface area contributed by atoms with E-state index in [-0.39, 0.29) is 28.6 Å². The number of cyclic esters (lactones) is 1. The second-order valence-corrected chi connectivity index (χ2v) is 8.85. The number of likely N-dealkylation sites (tertiary alicyclic amines) is 1. The van der Waals surface area contributed by atoms with Crippen LogP contribution in [0, 0.1) is 11.3 Å². The maximum absolute atomic E-state index is 12.9. The third-order valence-electron chi connectivity index (χ3n) is 6.93. The molecular weight excluding hydrogens is 350 g/mol. The van der Waals surface area contributed by atoms with Gasteiger partial charge in [0.1, 0.15) is 0 Å². The summed E-state index contributed by atoms with van der Waals surface area (Å²) in [6, 6.07) is 8.20. The molecule has 3 fully saturated rings. The number of amides is 1. The van der Waals surface area contributed by atoms with E-state index in [0.717, 1.165) is 50.2 Å². The molecule has 4 nitrogen and oxygen atoms in total. The van der Waals surface area contributed by atoms with Gasteiger partial charge in [0.25, 0.3) is 0 Å². The van der Waals surface area contributed by atoms with E-state index in [9.17, 15) is 9.59 Å². The first-order valence-electron chi connectivity index (χ1n) is 9.66. The van der Waals surface area contributed by atoms with Crippen LogP contribution in [-0.2, 0) is 19.7 Å². The molecule has 1 spiro atoms. The van der Waals surface area contributed by atoms with E-state index in [0.29, 0.717) is 13.0 Å². The Morgan fingerprint density at radius 2 is 1.88 bits per heavy atom. The number of ether oxygens (including phenoxy) is 1. The molecule has 0 N–H and O–H groups in total. The smallest absolute Gasteiger partial charge is 0.306 e. The quantitative estimate of drug-likeness (QED) is 0.751. The van der Waals surface area contributed by atoms with E-state index in [1.807, 2.05) is 17.0 Å². The Morgan fingerprint density at radius 1 is 1.23 bits per heavy atom. The van der Waals surface area contributed by atoms with Crippen molar-refractivity contribution in [2.24, 2.45) is 11.3 Å². The molecule has 1 aromatic rings. The Kier molecular flexibility index (Phi) is 4.50. The maximum Gasteiger partial charge on any atom is 0.306 e. The van der Waals surface area contributed by atoms with Crippen molar-refractivity contribution >= 4 is 23.5 Å². The molecule has 2 aliphatic heterocycles. The Morgan fingerprint density at radius 3 is 2.42 bits per heavy atom. The Bertz CT molecular complexity index is 700. The van der Waals surface area contributed by atoms with E-state index < -0.39 is 0 Å². The second kappa shape index (κ2) is 6.56. The summed E-state index contributed by atoms with van der Waals surface area (Å²) in [6.07, 6.45) is 5.18. The standard InChI is InChI=1S/C21H26ClNO3/c1-2-21(16-3-5-17(22)6-4-16)7-9-23(10-8-21)19(25)15-11-20(12-15)13-18(24)26-14-20/h3-6,15H,2,7-14H2,1H3. The number of rotatable bonds is 3. The van der Waals surface area contributed by atoms with Crippen molar-refractivity contribution < 1.29 is 14.3 Å². The minimum absolute atomic E-state index is 0.0380. The number of piperidine rings is 1. The third-order valence-corrected chi connectivity index (χ3v) is 7.18. The van der Waals surface area contributed by atoms with E-state index in [4.69, 9.17) is 16.3 Å². The van der Waals surface area contributed by atoms with E-state index in [1.54, 1.807) is 0 Å². The molecule has 140 valence electrons. The number of benzene rings is 1. The molecule has 0 radical (unpaired) electrons. The molecule has 1 amide bonds. The largest absolute Gasteiger partial charge is 0.465 e. The van der Waals surface area contributed by atoms with Gasteiger partial charge in [0.2, 0.25) is 5.91 Å². The number of carbonyl (C=O) groups is 2. The van der Waals surface area contributed by atoms with Crippen LogP contribution in [-0.4, -0.2) is 36.5 Å².